The van der Waals surface area contributed by atoms with E-state index < -0.39 is 0 Å². The molecule has 4 rings (SSSR count). The van der Waals surface area contributed by atoms with E-state index in [1.807, 2.05) is 25.4 Å². The Morgan fingerprint density at radius 3 is 2.96 bits per heavy atom. The smallest absolute Gasteiger partial charge is 0.224 e. The van der Waals surface area contributed by atoms with Gasteiger partial charge in [-0.25, -0.2) is 4.98 Å². The summed E-state index contributed by atoms with van der Waals surface area (Å²) in [6, 6.07) is 8.20. The number of fused-ring (bicyclic) bond motifs is 2. The number of aromatic nitrogens is 2. The molecule has 1 N–H and O–H groups in total. The van der Waals surface area contributed by atoms with Gasteiger partial charge in [0.05, 0.1) is 18.8 Å². The van der Waals surface area contributed by atoms with E-state index in [2.05, 4.69) is 33.2 Å². The molecule has 0 aliphatic carbocycles. The molecular weight excluding hydrogens is 290 g/mol. The zero-order valence-electron chi connectivity index (χ0n) is 13.1. The fraction of sp³-hybridized carbons (Fsp3) is 0.222. The number of carbonyl (C=O) groups excluding carboxylic acids is 1. The molecule has 0 saturated carbocycles. The van der Waals surface area contributed by atoms with Crippen LogP contribution < -0.4 is 10.1 Å². The van der Waals surface area contributed by atoms with Crippen LogP contribution in [0.3, 0.4) is 0 Å². The third-order valence-electron chi connectivity index (χ3n) is 4.38. The normalized spacial score (nSPS) is 13.7. The number of nitrogens with zero attached hydrogens (tertiary/aromatic N) is 2. The van der Waals surface area contributed by atoms with E-state index in [1.165, 1.54) is 5.56 Å². The van der Waals surface area contributed by atoms with E-state index in [4.69, 9.17) is 4.74 Å². The molecule has 0 saturated heterocycles. The number of aryl methyl sites for hydroxylation is 2. The van der Waals surface area contributed by atoms with Gasteiger partial charge in [0.25, 0.3) is 0 Å². The molecule has 5 nitrogen and oxygen atoms in total. The maximum absolute atomic E-state index is 11.6. The van der Waals surface area contributed by atoms with Crippen LogP contribution in [0, 0.1) is 0 Å². The van der Waals surface area contributed by atoms with E-state index >= 15 is 0 Å². The molecule has 0 spiro atoms. The van der Waals surface area contributed by atoms with Gasteiger partial charge in [0, 0.05) is 42.4 Å². The van der Waals surface area contributed by atoms with Crippen LogP contribution in [0.5, 0.6) is 5.88 Å². The van der Waals surface area contributed by atoms with Crippen molar-refractivity contribution in [3.8, 4) is 17.0 Å². The van der Waals surface area contributed by atoms with Crippen molar-refractivity contribution in [2.24, 2.45) is 7.05 Å². The SMILES string of the molecule is COc1cc2c(-c3ccc4c(c3)NC(=O)CC4)cn(C)c2cn1. The molecule has 1 aromatic carbocycles. The summed E-state index contributed by atoms with van der Waals surface area (Å²) < 4.78 is 7.30. The number of methoxy groups -OCH3 is 1. The molecule has 0 bridgehead atoms. The number of benzene rings is 1. The van der Waals surface area contributed by atoms with Crippen LogP contribution >= 0.6 is 0 Å². The van der Waals surface area contributed by atoms with Gasteiger partial charge >= 0.3 is 0 Å². The predicted molar refractivity (Wildman–Crippen MR) is 89.7 cm³/mol. The predicted octanol–water partition coefficient (Wildman–Crippen LogP) is 3.13. The second kappa shape index (κ2) is 5.12. The van der Waals surface area contributed by atoms with Crippen LogP contribution in [0.4, 0.5) is 5.69 Å². The molecule has 5 heteroatoms. The molecule has 3 aromatic rings. The topological polar surface area (TPSA) is 56.1 Å². The molecule has 0 fully saturated rings. The van der Waals surface area contributed by atoms with Crippen LogP contribution in [-0.2, 0) is 18.3 Å². The Morgan fingerprint density at radius 1 is 1.26 bits per heavy atom. The maximum Gasteiger partial charge on any atom is 0.224 e. The van der Waals surface area contributed by atoms with E-state index in [-0.39, 0.29) is 5.91 Å². The van der Waals surface area contributed by atoms with E-state index in [0.717, 1.165) is 34.1 Å². The van der Waals surface area contributed by atoms with Gasteiger partial charge in [-0.15, -0.1) is 0 Å². The van der Waals surface area contributed by atoms with Crippen LogP contribution in [0.15, 0.2) is 36.7 Å². The highest BCUT2D eigenvalue weighted by Crippen LogP contribution is 2.35. The molecule has 1 amide bonds. The van der Waals surface area contributed by atoms with Gasteiger partial charge < -0.3 is 14.6 Å². The van der Waals surface area contributed by atoms with Crippen molar-refractivity contribution in [1.82, 2.24) is 9.55 Å². The zero-order valence-corrected chi connectivity index (χ0v) is 13.1. The van der Waals surface area contributed by atoms with E-state index in [1.54, 1.807) is 7.11 Å². The van der Waals surface area contributed by atoms with Crippen molar-refractivity contribution in [3.05, 3.63) is 42.2 Å². The first-order valence-electron chi connectivity index (χ1n) is 7.58. The summed E-state index contributed by atoms with van der Waals surface area (Å²) in [5.41, 5.74) is 5.32. The average molecular weight is 307 g/mol. The standard InChI is InChI=1S/C18H17N3O2/c1-21-10-14(13-8-18(23-2)19-9-16(13)21)12-4-3-11-5-6-17(22)20-15(11)7-12/h3-4,7-10H,5-6H2,1-2H3,(H,20,22). The number of nitrogens with one attached hydrogen (secondary N) is 1. The number of hydrogen-bond donors (Lipinski definition) is 1. The Morgan fingerprint density at radius 2 is 2.13 bits per heavy atom. The van der Waals surface area contributed by atoms with Crippen LogP contribution in [0.25, 0.3) is 22.0 Å². The minimum atomic E-state index is 0.0819. The summed E-state index contributed by atoms with van der Waals surface area (Å²) in [7, 11) is 3.62. The van der Waals surface area contributed by atoms with Gasteiger partial charge in [0.2, 0.25) is 11.8 Å². The summed E-state index contributed by atoms with van der Waals surface area (Å²) in [6.45, 7) is 0. The summed E-state index contributed by atoms with van der Waals surface area (Å²) in [5, 5.41) is 4.05. The second-order valence-corrected chi connectivity index (χ2v) is 5.82. The lowest BCUT2D eigenvalue weighted by molar-refractivity contribution is -0.116. The molecule has 1 aliphatic heterocycles. The first-order chi connectivity index (χ1) is 11.2. The van der Waals surface area contributed by atoms with Gasteiger partial charge in [0.15, 0.2) is 0 Å². The van der Waals surface area contributed by atoms with Gasteiger partial charge in [-0.1, -0.05) is 12.1 Å². The lowest BCUT2D eigenvalue weighted by atomic mass is 9.97. The highest BCUT2D eigenvalue weighted by atomic mass is 16.5. The molecule has 2 aromatic heterocycles. The Hall–Kier alpha value is -2.82. The van der Waals surface area contributed by atoms with Crippen molar-refractivity contribution < 1.29 is 9.53 Å². The quantitative estimate of drug-likeness (QED) is 0.791. The number of hydrogen-bond acceptors (Lipinski definition) is 3. The fourth-order valence-corrected chi connectivity index (χ4v) is 3.14. The van der Waals surface area contributed by atoms with Crippen molar-refractivity contribution in [2.45, 2.75) is 12.8 Å². The van der Waals surface area contributed by atoms with E-state index in [0.29, 0.717) is 12.3 Å². The second-order valence-electron chi connectivity index (χ2n) is 5.82. The Bertz CT molecular complexity index is 927. The number of pyridine rings is 1. The molecular formula is C18H17N3O2. The zero-order chi connectivity index (χ0) is 16.0. The largest absolute Gasteiger partial charge is 0.481 e. The molecule has 23 heavy (non-hydrogen) atoms. The molecule has 0 unspecified atom stereocenters. The fourth-order valence-electron chi connectivity index (χ4n) is 3.14. The van der Waals surface area contributed by atoms with Crippen LogP contribution in [0.2, 0.25) is 0 Å². The van der Waals surface area contributed by atoms with Crippen molar-refractivity contribution in [2.75, 3.05) is 12.4 Å². The first kappa shape index (κ1) is 13.8. The van der Waals surface area contributed by atoms with Gasteiger partial charge in [-0.2, -0.15) is 0 Å². The molecule has 1 aliphatic rings. The van der Waals surface area contributed by atoms with Crippen LogP contribution in [0.1, 0.15) is 12.0 Å². The summed E-state index contributed by atoms with van der Waals surface area (Å²) in [6.07, 6.45) is 5.26. The monoisotopic (exact) mass is 307 g/mol. The number of anilines is 1. The first-order valence-corrected chi connectivity index (χ1v) is 7.58. The third-order valence-corrected chi connectivity index (χ3v) is 4.38. The van der Waals surface area contributed by atoms with Gasteiger partial charge in [-0.3, -0.25) is 4.79 Å². The number of carbonyl (C=O) groups is 1. The van der Waals surface area contributed by atoms with E-state index in [9.17, 15) is 4.79 Å². The minimum Gasteiger partial charge on any atom is -0.481 e. The molecule has 0 radical (unpaired) electrons. The summed E-state index contributed by atoms with van der Waals surface area (Å²) >= 11 is 0. The summed E-state index contributed by atoms with van der Waals surface area (Å²) in [5.74, 6) is 0.676. The number of ether oxygens (including phenoxy) is 1. The lowest BCUT2D eigenvalue weighted by Gasteiger charge is -2.17. The van der Waals surface area contributed by atoms with Crippen molar-refractivity contribution >= 4 is 22.5 Å². The number of amides is 1. The Balaban J connectivity index is 1.89. The number of rotatable bonds is 2. The lowest BCUT2D eigenvalue weighted by Crippen LogP contribution is -2.18. The molecule has 116 valence electrons. The highest BCUT2D eigenvalue weighted by Gasteiger charge is 2.17. The van der Waals surface area contributed by atoms with Crippen molar-refractivity contribution in [3.63, 3.8) is 0 Å². The van der Waals surface area contributed by atoms with Crippen LogP contribution in [-0.4, -0.2) is 22.6 Å². The highest BCUT2D eigenvalue weighted by molar-refractivity contribution is 5.99. The molecule has 3 heterocycles. The third kappa shape index (κ3) is 2.25. The van der Waals surface area contributed by atoms with Crippen molar-refractivity contribution in [1.29, 1.82) is 0 Å². The van der Waals surface area contributed by atoms with Gasteiger partial charge in [-0.05, 0) is 23.6 Å². The molecule has 0 atom stereocenters. The Labute approximate surface area is 133 Å². The van der Waals surface area contributed by atoms with Gasteiger partial charge in [0.1, 0.15) is 0 Å². The Kier molecular flexibility index (Phi) is 3.08. The summed E-state index contributed by atoms with van der Waals surface area (Å²) in [4.78, 5) is 15.9. The average Bonchev–Trinajstić information content (AvgIpc) is 2.90. The minimum absolute atomic E-state index is 0.0819. The maximum atomic E-state index is 11.6.